The molecule has 2 N–H and O–H groups in total. The number of amides is 1. The van der Waals surface area contributed by atoms with Gasteiger partial charge in [-0.25, -0.2) is 4.98 Å². The maximum absolute atomic E-state index is 12.0. The third-order valence-electron chi connectivity index (χ3n) is 2.35. The molecule has 0 bridgehead atoms. The molecule has 0 fully saturated rings. The summed E-state index contributed by atoms with van der Waals surface area (Å²) in [5.74, 6) is -0.726. The highest BCUT2D eigenvalue weighted by molar-refractivity contribution is 5.92. The topological polar surface area (TPSA) is 99.2 Å². The van der Waals surface area contributed by atoms with Crippen LogP contribution in [0.25, 0.3) is 0 Å². The predicted octanol–water partition coefficient (Wildman–Crippen LogP) is 0.865. The van der Waals surface area contributed by atoms with Crippen molar-refractivity contribution in [1.82, 2.24) is 20.1 Å². The molecule has 0 aliphatic carbocycles. The molecule has 7 nitrogen and oxygen atoms in total. The summed E-state index contributed by atoms with van der Waals surface area (Å²) in [5.41, 5.74) is 0. The summed E-state index contributed by atoms with van der Waals surface area (Å²) in [6, 6.07) is 0. The summed E-state index contributed by atoms with van der Waals surface area (Å²) >= 11 is 0. The maximum Gasteiger partial charge on any atom is 0.323 e. The van der Waals surface area contributed by atoms with Gasteiger partial charge in [0.05, 0.1) is 0 Å². The summed E-state index contributed by atoms with van der Waals surface area (Å²) < 4.78 is 0. The molecule has 0 unspecified atom stereocenters. The standard InChI is InChI=1S/C11H18N4O3/c1-4-5-15(6-8(16)17)11(18)10-12-9(7(2)3)13-14-10/h7H,4-6H2,1-3H3,(H,16,17)(H,12,13,14). The Bertz CT molecular complexity index is 428. The van der Waals surface area contributed by atoms with Gasteiger partial charge in [0.2, 0.25) is 5.82 Å². The van der Waals surface area contributed by atoms with Crippen molar-refractivity contribution in [3.8, 4) is 0 Å². The third-order valence-corrected chi connectivity index (χ3v) is 2.35. The van der Waals surface area contributed by atoms with E-state index in [0.29, 0.717) is 18.8 Å². The van der Waals surface area contributed by atoms with Crippen LogP contribution in [-0.2, 0) is 4.79 Å². The van der Waals surface area contributed by atoms with Gasteiger partial charge in [0.15, 0.2) is 0 Å². The van der Waals surface area contributed by atoms with Crippen LogP contribution in [0.5, 0.6) is 0 Å². The minimum atomic E-state index is -1.04. The number of carbonyl (C=O) groups excluding carboxylic acids is 1. The summed E-state index contributed by atoms with van der Waals surface area (Å²) in [7, 11) is 0. The van der Waals surface area contributed by atoms with Gasteiger partial charge in [0.25, 0.3) is 5.91 Å². The fourth-order valence-electron chi connectivity index (χ4n) is 1.46. The lowest BCUT2D eigenvalue weighted by molar-refractivity contribution is -0.137. The Morgan fingerprint density at radius 3 is 2.56 bits per heavy atom. The highest BCUT2D eigenvalue weighted by atomic mass is 16.4. The second-order valence-electron chi connectivity index (χ2n) is 4.32. The van der Waals surface area contributed by atoms with Crippen molar-refractivity contribution in [3.63, 3.8) is 0 Å². The molecule has 1 aromatic rings. The molecule has 100 valence electrons. The number of H-pyrrole nitrogens is 1. The van der Waals surface area contributed by atoms with Gasteiger partial charge in [-0.2, -0.15) is 0 Å². The van der Waals surface area contributed by atoms with E-state index in [1.54, 1.807) is 0 Å². The lowest BCUT2D eigenvalue weighted by Gasteiger charge is -2.17. The Balaban J connectivity index is 2.83. The van der Waals surface area contributed by atoms with Gasteiger partial charge in [-0.15, -0.1) is 5.10 Å². The van der Waals surface area contributed by atoms with Crippen molar-refractivity contribution in [2.45, 2.75) is 33.1 Å². The second kappa shape index (κ2) is 6.13. The first-order chi connectivity index (χ1) is 8.45. The smallest absolute Gasteiger partial charge is 0.323 e. The molecule has 1 aromatic heterocycles. The van der Waals surface area contributed by atoms with Gasteiger partial charge in [-0.05, 0) is 6.42 Å². The molecule has 1 rings (SSSR count). The lowest BCUT2D eigenvalue weighted by Crippen LogP contribution is -2.36. The zero-order chi connectivity index (χ0) is 13.7. The summed E-state index contributed by atoms with van der Waals surface area (Å²) in [4.78, 5) is 28.0. The van der Waals surface area contributed by atoms with Gasteiger partial charge in [0.1, 0.15) is 12.4 Å². The number of hydrogen-bond donors (Lipinski definition) is 2. The van der Waals surface area contributed by atoms with Crippen molar-refractivity contribution >= 4 is 11.9 Å². The maximum atomic E-state index is 12.0. The molecule has 0 aromatic carbocycles. The Kier molecular flexibility index (Phi) is 4.82. The van der Waals surface area contributed by atoms with E-state index in [-0.39, 0.29) is 18.3 Å². The first-order valence-corrected chi connectivity index (χ1v) is 5.89. The van der Waals surface area contributed by atoms with Crippen LogP contribution in [-0.4, -0.2) is 50.2 Å². The van der Waals surface area contributed by atoms with Crippen molar-refractivity contribution in [2.24, 2.45) is 0 Å². The molecule has 18 heavy (non-hydrogen) atoms. The molecule has 0 spiro atoms. The summed E-state index contributed by atoms with van der Waals surface area (Å²) in [6.07, 6.45) is 0.681. The molecular weight excluding hydrogens is 236 g/mol. The monoisotopic (exact) mass is 254 g/mol. The van der Waals surface area contributed by atoms with E-state index in [0.717, 1.165) is 0 Å². The number of nitrogens with zero attached hydrogens (tertiary/aromatic N) is 3. The molecule has 1 amide bonds. The van der Waals surface area contributed by atoms with Crippen molar-refractivity contribution < 1.29 is 14.7 Å². The number of aromatic amines is 1. The van der Waals surface area contributed by atoms with Crippen LogP contribution < -0.4 is 0 Å². The lowest BCUT2D eigenvalue weighted by atomic mass is 10.2. The van der Waals surface area contributed by atoms with E-state index in [9.17, 15) is 9.59 Å². The molecule has 0 aliphatic rings. The Morgan fingerprint density at radius 2 is 2.11 bits per heavy atom. The molecule has 0 saturated heterocycles. The number of carboxylic acid groups (broad SMARTS) is 1. The van der Waals surface area contributed by atoms with Gasteiger partial charge in [-0.1, -0.05) is 20.8 Å². The second-order valence-corrected chi connectivity index (χ2v) is 4.32. The first-order valence-electron chi connectivity index (χ1n) is 5.89. The molecule has 0 saturated carbocycles. The number of aromatic nitrogens is 3. The first kappa shape index (κ1) is 14.1. The summed E-state index contributed by atoms with van der Waals surface area (Å²) in [6.45, 7) is 5.76. The molecule has 1 heterocycles. The number of nitrogens with one attached hydrogen (secondary N) is 1. The van der Waals surface area contributed by atoms with Crippen LogP contribution in [0.4, 0.5) is 0 Å². The Morgan fingerprint density at radius 1 is 1.44 bits per heavy atom. The highest BCUT2D eigenvalue weighted by Crippen LogP contribution is 2.09. The van der Waals surface area contributed by atoms with E-state index >= 15 is 0 Å². The van der Waals surface area contributed by atoms with Crippen molar-refractivity contribution in [2.75, 3.05) is 13.1 Å². The van der Waals surface area contributed by atoms with Gasteiger partial charge >= 0.3 is 5.97 Å². The van der Waals surface area contributed by atoms with Crippen LogP contribution in [0.3, 0.4) is 0 Å². The van der Waals surface area contributed by atoms with Crippen molar-refractivity contribution in [3.05, 3.63) is 11.6 Å². The number of hydrogen-bond acceptors (Lipinski definition) is 4. The number of aliphatic carboxylic acids is 1. The molecule has 0 radical (unpaired) electrons. The fourth-order valence-corrected chi connectivity index (χ4v) is 1.46. The SMILES string of the molecule is CCCN(CC(=O)O)C(=O)c1n[nH]c(C(C)C)n1. The largest absolute Gasteiger partial charge is 0.480 e. The molecule has 0 aliphatic heterocycles. The average molecular weight is 254 g/mol. The molecule has 0 atom stereocenters. The van der Waals surface area contributed by atoms with Crippen LogP contribution in [0.1, 0.15) is 49.6 Å². The zero-order valence-electron chi connectivity index (χ0n) is 10.8. The van der Waals surface area contributed by atoms with Crippen LogP contribution in [0, 0.1) is 0 Å². The molecule has 7 heteroatoms. The summed E-state index contributed by atoms with van der Waals surface area (Å²) in [5, 5.41) is 15.3. The van der Waals surface area contributed by atoms with Gasteiger partial charge in [-0.3, -0.25) is 14.7 Å². The van der Waals surface area contributed by atoms with E-state index in [1.165, 1.54) is 4.90 Å². The van der Waals surface area contributed by atoms with Crippen molar-refractivity contribution in [1.29, 1.82) is 0 Å². The van der Waals surface area contributed by atoms with Gasteiger partial charge < -0.3 is 10.0 Å². The van der Waals surface area contributed by atoms with E-state index in [1.807, 2.05) is 20.8 Å². The number of carboxylic acids is 1. The fraction of sp³-hybridized carbons (Fsp3) is 0.636. The zero-order valence-corrected chi connectivity index (χ0v) is 10.8. The minimum Gasteiger partial charge on any atom is -0.480 e. The Hall–Kier alpha value is -1.92. The number of carbonyl (C=O) groups is 2. The minimum absolute atomic E-state index is 0.0217. The molecular formula is C11H18N4O3. The normalized spacial score (nSPS) is 10.7. The van der Waals surface area contributed by atoms with Crippen LogP contribution >= 0.6 is 0 Å². The van der Waals surface area contributed by atoms with E-state index < -0.39 is 11.9 Å². The van der Waals surface area contributed by atoms with Crippen LogP contribution in [0.15, 0.2) is 0 Å². The third kappa shape index (κ3) is 3.54. The van der Waals surface area contributed by atoms with Gasteiger partial charge in [0, 0.05) is 12.5 Å². The van der Waals surface area contributed by atoms with E-state index in [4.69, 9.17) is 5.11 Å². The average Bonchev–Trinajstić information content (AvgIpc) is 2.76. The Labute approximate surface area is 105 Å². The van der Waals surface area contributed by atoms with E-state index in [2.05, 4.69) is 15.2 Å². The number of rotatable bonds is 6. The van der Waals surface area contributed by atoms with Crippen LogP contribution in [0.2, 0.25) is 0 Å². The quantitative estimate of drug-likeness (QED) is 0.784. The highest BCUT2D eigenvalue weighted by Gasteiger charge is 2.22. The predicted molar refractivity (Wildman–Crippen MR) is 64.3 cm³/mol.